The number of hydrazine groups is 1. The van der Waals surface area contributed by atoms with Crippen LogP contribution in [0.2, 0.25) is 10.0 Å². The number of nitrogens with one attached hydrogen (secondary N) is 3. The Morgan fingerprint density at radius 3 is 2.27 bits per heavy atom. The van der Waals surface area contributed by atoms with Gasteiger partial charge < -0.3 is 10.1 Å². The van der Waals surface area contributed by atoms with Crippen LogP contribution < -0.4 is 20.9 Å². The van der Waals surface area contributed by atoms with Crippen molar-refractivity contribution in [2.24, 2.45) is 0 Å². The Hall–Kier alpha value is -3.55. The molecule has 0 atom stereocenters. The summed E-state index contributed by atoms with van der Waals surface area (Å²) in [6.07, 6.45) is 0. The molecule has 0 spiro atoms. The molecule has 33 heavy (non-hydrogen) atoms. The Morgan fingerprint density at radius 1 is 0.848 bits per heavy atom. The van der Waals surface area contributed by atoms with E-state index in [9.17, 15) is 14.4 Å². The molecule has 0 aliphatic heterocycles. The summed E-state index contributed by atoms with van der Waals surface area (Å²) in [6, 6.07) is 18.6. The number of carbonyl (C=O) groups is 3. The van der Waals surface area contributed by atoms with E-state index in [4.69, 9.17) is 27.9 Å². The fourth-order valence-corrected chi connectivity index (χ4v) is 3.11. The average molecular weight is 486 g/mol. The lowest BCUT2D eigenvalue weighted by Gasteiger charge is -2.10. The van der Waals surface area contributed by atoms with Gasteiger partial charge in [-0.1, -0.05) is 47.5 Å². The van der Waals surface area contributed by atoms with Crippen LogP contribution in [0.15, 0.2) is 66.7 Å². The Balaban J connectivity index is 1.43. The molecule has 7 nitrogen and oxygen atoms in total. The molecule has 0 aromatic heterocycles. The van der Waals surface area contributed by atoms with Crippen molar-refractivity contribution in [3.05, 3.63) is 99.0 Å². The lowest BCUT2D eigenvalue weighted by Crippen LogP contribution is -2.46. The molecule has 0 saturated heterocycles. The number of ether oxygens (including phenoxy) is 1. The van der Waals surface area contributed by atoms with Crippen LogP contribution in [-0.2, 0) is 11.4 Å². The van der Waals surface area contributed by atoms with Crippen LogP contribution in [0.3, 0.4) is 0 Å². The Bertz CT molecular complexity index is 1170. The molecule has 0 radical (unpaired) electrons. The number of aryl methyl sites for hydroxylation is 1. The van der Waals surface area contributed by atoms with Crippen molar-refractivity contribution in [1.82, 2.24) is 16.2 Å². The van der Waals surface area contributed by atoms with Crippen molar-refractivity contribution in [2.45, 2.75) is 13.5 Å². The van der Waals surface area contributed by atoms with Crippen LogP contribution in [0.5, 0.6) is 5.75 Å². The number of hydrogen-bond donors (Lipinski definition) is 3. The van der Waals surface area contributed by atoms with Crippen molar-refractivity contribution in [2.75, 3.05) is 6.54 Å². The van der Waals surface area contributed by atoms with Crippen molar-refractivity contribution < 1.29 is 19.1 Å². The van der Waals surface area contributed by atoms with Gasteiger partial charge in [-0.25, -0.2) is 0 Å². The number of hydrogen-bond acceptors (Lipinski definition) is 4. The summed E-state index contributed by atoms with van der Waals surface area (Å²) < 4.78 is 5.73. The second-order valence-corrected chi connectivity index (χ2v) is 7.88. The van der Waals surface area contributed by atoms with E-state index < -0.39 is 17.7 Å². The lowest BCUT2D eigenvalue weighted by atomic mass is 10.1. The largest absolute Gasteiger partial charge is 0.489 e. The fourth-order valence-electron chi connectivity index (χ4n) is 2.77. The highest BCUT2D eigenvalue weighted by Gasteiger charge is 2.12. The zero-order valence-electron chi connectivity index (χ0n) is 17.7. The maximum absolute atomic E-state index is 12.2. The second kappa shape index (κ2) is 11.4. The molecule has 170 valence electrons. The first-order valence-corrected chi connectivity index (χ1v) is 10.7. The van der Waals surface area contributed by atoms with E-state index >= 15 is 0 Å². The number of benzene rings is 3. The molecular weight excluding hydrogens is 465 g/mol. The van der Waals surface area contributed by atoms with Gasteiger partial charge in [-0.15, -0.1) is 0 Å². The highest BCUT2D eigenvalue weighted by molar-refractivity contribution is 6.33. The summed E-state index contributed by atoms with van der Waals surface area (Å²) in [4.78, 5) is 36.2. The van der Waals surface area contributed by atoms with Crippen LogP contribution in [0.4, 0.5) is 0 Å². The predicted molar refractivity (Wildman–Crippen MR) is 126 cm³/mol. The third-order valence-corrected chi connectivity index (χ3v) is 5.35. The van der Waals surface area contributed by atoms with E-state index in [2.05, 4.69) is 16.2 Å². The molecule has 0 aliphatic carbocycles. The molecule has 0 saturated carbocycles. The van der Waals surface area contributed by atoms with Gasteiger partial charge in [0.1, 0.15) is 12.4 Å². The normalized spacial score (nSPS) is 10.3. The summed E-state index contributed by atoms with van der Waals surface area (Å²) in [7, 11) is 0. The SMILES string of the molecule is Cc1cc(OCc2ccc(C(=O)NNC(=O)CNC(=O)c3ccccc3Cl)cc2)ccc1Cl. The lowest BCUT2D eigenvalue weighted by molar-refractivity contribution is -0.120. The monoisotopic (exact) mass is 485 g/mol. The summed E-state index contributed by atoms with van der Waals surface area (Å²) >= 11 is 12.0. The molecule has 3 aromatic rings. The first kappa shape index (κ1) is 24.1. The summed E-state index contributed by atoms with van der Waals surface area (Å²) in [5.41, 5.74) is 6.95. The van der Waals surface area contributed by atoms with Crippen LogP contribution in [0.25, 0.3) is 0 Å². The zero-order chi connectivity index (χ0) is 23.8. The Morgan fingerprint density at radius 2 is 1.58 bits per heavy atom. The quantitative estimate of drug-likeness (QED) is 0.439. The Kier molecular flexibility index (Phi) is 8.29. The summed E-state index contributed by atoms with van der Waals surface area (Å²) in [5.74, 6) is -0.884. The molecular formula is C24H21Cl2N3O4. The van der Waals surface area contributed by atoms with E-state index in [0.717, 1.165) is 11.1 Å². The number of carbonyl (C=O) groups excluding carboxylic acids is 3. The number of rotatable bonds is 7. The topological polar surface area (TPSA) is 96.5 Å². The van der Waals surface area contributed by atoms with Crippen LogP contribution >= 0.6 is 23.2 Å². The summed E-state index contributed by atoms with van der Waals surface area (Å²) in [5, 5.41) is 3.39. The molecule has 0 heterocycles. The van der Waals surface area contributed by atoms with Gasteiger partial charge in [-0.2, -0.15) is 0 Å². The summed E-state index contributed by atoms with van der Waals surface area (Å²) in [6.45, 7) is 1.89. The molecule has 0 bridgehead atoms. The first-order valence-electron chi connectivity index (χ1n) is 9.93. The maximum atomic E-state index is 12.2. The number of amides is 3. The van der Waals surface area contributed by atoms with Crippen molar-refractivity contribution in [3.8, 4) is 5.75 Å². The predicted octanol–water partition coefficient (Wildman–Crippen LogP) is 4.07. The van der Waals surface area contributed by atoms with E-state index in [0.29, 0.717) is 22.9 Å². The molecule has 0 unspecified atom stereocenters. The van der Waals surface area contributed by atoms with Gasteiger partial charge in [0, 0.05) is 10.6 Å². The highest BCUT2D eigenvalue weighted by Crippen LogP contribution is 2.22. The van der Waals surface area contributed by atoms with Gasteiger partial charge >= 0.3 is 0 Å². The molecule has 3 rings (SSSR count). The standard InChI is InChI=1S/C24H21Cl2N3O4/c1-15-12-18(10-11-20(15)25)33-14-16-6-8-17(9-7-16)23(31)29-28-22(30)13-27-24(32)19-4-2-3-5-21(19)26/h2-12H,13-14H2,1H3,(H,27,32)(H,28,30)(H,29,31). The molecule has 3 aromatic carbocycles. The third kappa shape index (κ3) is 6.97. The van der Waals surface area contributed by atoms with Crippen molar-refractivity contribution in [1.29, 1.82) is 0 Å². The Labute approximate surface area is 201 Å². The van der Waals surface area contributed by atoms with E-state index in [1.807, 2.05) is 13.0 Å². The van der Waals surface area contributed by atoms with Gasteiger partial charge in [0.25, 0.3) is 17.7 Å². The van der Waals surface area contributed by atoms with E-state index in [-0.39, 0.29) is 17.1 Å². The van der Waals surface area contributed by atoms with Crippen molar-refractivity contribution in [3.63, 3.8) is 0 Å². The average Bonchev–Trinajstić information content (AvgIpc) is 2.82. The van der Waals surface area contributed by atoms with E-state index in [1.54, 1.807) is 60.7 Å². The first-order chi connectivity index (χ1) is 15.8. The van der Waals surface area contributed by atoms with Crippen LogP contribution in [0.1, 0.15) is 31.8 Å². The van der Waals surface area contributed by atoms with Crippen molar-refractivity contribution >= 4 is 40.9 Å². The molecule has 9 heteroatoms. The number of halogens is 2. The smallest absolute Gasteiger partial charge is 0.269 e. The minimum atomic E-state index is -0.591. The van der Waals surface area contributed by atoms with Crippen LogP contribution in [0, 0.1) is 6.92 Å². The minimum absolute atomic E-state index is 0.256. The van der Waals surface area contributed by atoms with Gasteiger partial charge in [0.2, 0.25) is 0 Å². The third-order valence-electron chi connectivity index (χ3n) is 4.59. The zero-order valence-corrected chi connectivity index (χ0v) is 19.2. The molecule has 3 N–H and O–H groups in total. The van der Waals surface area contributed by atoms with E-state index in [1.165, 1.54) is 0 Å². The van der Waals surface area contributed by atoms with Gasteiger partial charge in [0.05, 0.1) is 17.1 Å². The fraction of sp³-hybridized carbons (Fsp3) is 0.125. The molecule has 0 fully saturated rings. The van der Waals surface area contributed by atoms with Crippen LogP contribution in [-0.4, -0.2) is 24.3 Å². The molecule has 0 aliphatic rings. The van der Waals surface area contributed by atoms with Gasteiger partial charge in [0.15, 0.2) is 0 Å². The molecule has 3 amide bonds. The second-order valence-electron chi connectivity index (χ2n) is 7.06. The maximum Gasteiger partial charge on any atom is 0.269 e. The van der Waals surface area contributed by atoms with Gasteiger partial charge in [-0.3, -0.25) is 25.2 Å². The van der Waals surface area contributed by atoms with Gasteiger partial charge in [-0.05, 0) is 60.5 Å². The highest BCUT2D eigenvalue weighted by atomic mass is 35.5. The minimum Gasteiger partial charge on any atom is -0.489 e.